The van der Waals surface area contributed by atoms with Crippen molar-refractivity contribution in [3.8, 4) is 5.75 Å². The Kier molecular flexibility index (Phi) is 7.98. The molecule has 0 spiro atoms. The SMILES string of the molecule is OC(CNC1(Cc2ccc(OC(F)(F)F)cc2)CCCC(OC2CCCC2)C1)C(F)(F)F. The molecule has 0 heterocycles. The van der Waals surface area contributed by atoms with Gasteiger partial charge in [0.25, 0.3) is 0 Å². The molecule has 10 heteroatoms. The zero-order valence-corrected chi connectivity index (χ0v) is 17.6. The van der Waals surface area contributed by atoms with Crippen molar-refractivity contribution in [2.75, 3.05) is 6.54 Å². The van der Waals surface area contributed by atoms with Crippen LogP contribution in [0.3, 0.4) is 0 Å². The molecule has 0 bridgehead atoms. The average Bonchev–Trinajstić information content (AvgIpc) is 3.19. The van der Waals surface area contributed by atoms with Gasteiger partial charge < -0.3 is 19.9 Å². The lowest BCUT2D eigenvalue weighted by molar-refractivity contribution is -0.274. The van der Waals surface area contributed by atoms with Crippen LogP contribution in [0.1, 0.15) is 56.9 Å². The third-order valence-corrected chi connectivity index (χ3v) is 6.23. The first-order valence-corrected chi connectivity index (χ1v) is 10.9. The van der Waals surface area contributed by atoms with Crippen molar-refractivity contribution in [2.45, 2.75) is 94.2 Å². The Labute approximate surface area is 183 Å². The molecular weight excluding hydrogens is 440 g/mol. The van der Waals surface area contributed by atoms with Gasteiger partial charge in [0.2, 0.25) is 0 Å². The minimum Gasteiger partial charge on any atom is -0.406 e. The molecular formula is C22H29F6NO3. The van der Waals surface area contributed by atoms with Crippen molar-refractivity contribution >= 4 is 0 Å². The molecule has 0 aromatic heterocycles. The first-order valence-electron chi connectivity index (χ1n) is 10.9. The molecule has 0 radical (unpaired) electrons. The van der Waals surface area contributed by atoms with Crippen LogP contribution in [-0.2, 0) is 11.2 Å². The molecule has 3 unspecified atom stereocenters. The summed E-state index contributed by atoms with van der Waals surface area (Å²) in [6.45, 7) is -0.658. The van der Waals surface area contributed by atoms with Crippen LogP contribution in [0.5, 0.6) is 5.75 Å². The average molecular weight is 469 g/mol. The highest BCUT2D eigenvalue weighted by molar-refractivity contribution is 5.29. The van der Waals surface area contributed by atoms with E-state index < -0.39 is 30.7 Å². The molecule has 1 aromatic rings. The summed E-state index contributed by atoms with van der Waals surface area (Å²) in [7, 11) is 0. The Hall–Kier alpha value is -1.52. The van der Waals surface area contributed by atoms with Crippen molar-refractivity contribution in [3.05, 3.63) is 29.8 Å². The maximum Gasteiger partial charge on any atom is 0.573 e. The van der Waals surface area contributed by atoms with Crippen LogP contribution in [0.2, 0.25) is 0 Å². The summed E-state index contributed by atoms with van der Waals surface area (Å²) < 4.78 is 85.9. The molecule has 0 amide bonds. The lowest BCUT2D eigenvalue weighted by Gasteiger charge is -2.43. The number of ether oxygens (including phenoxy) is 2. The molecule has 4 nitrogen and oxygen atoms in total. The van der Waals surface area contributed by atoms with Crippen molar-refractivity contribution in [3.63, 3.8) is 0 Å². The van der Waals surface area contributed by atoms with Crippen LogP contribution < -0.4 is 10.1 Å². The molecule has 0 saturated heterocycles. The second-order valence-corrected chi connectivity index (χ2v) is 8.85. The number of hydrogen-bond acceptors (Lipinski definition) is 4. The first-order chi connectivity index (χ1) is 14.9. The van der Waals surface area contributed by atoms with Crippen molar-refractivity contribution < 1.29 is 40.9 Å². The number of aliphatic hydroxyl groups is 1. The summed E-state index contributed by atoms with van der Waals surface area (Å²) in [5.74, 6) is -0.359. The zero-order chi connectivity index (χ0) is 23.4. The fourth-order valence-electron chi connectivity index (χ4n) is 4.73. The highest BCUT2D eigenvalue weighted by Gasteiger charge is 2.42. The smallest absolute Gasteiger partial charge is 0.406 e. The topological polar surface area (TPSA) is 50.7 Å². The van der Waals surface area contributed by atoms with Gasteiger partial charge in [0.05, 0.1) is 12.2 Å². The summed E-state index contributed by atoms with van der Waals surface area (Å²) in [5.41, 5.74) is -0.102. The van der Waals surface area contributed by atoms with Crippen LogP contribution in [0.4, 0.5) is 26.3 Å². The third-order valence-electron chi connectivity index (χ3n) is 6.23. The second-order valence-electron chi connectivity index (χ2n) is 8.85. The summed E-state index contributed by atoms with van der Waals surface area (Å²) in [4.78, 5) is 0. The van der Waals surface area contributed by atoms with Crippen LogP contribution in [0.15, 0.2) is 24.3 Å². The van der Waals surface area contributed by atoms with Crippen LogP contribution in [-0.4, -0.2) is 48.0 Å². The number of alkyl halides is 6. The molecule has 2 N–H and O–H groups in total. The number of hydrogen-bond donors (Lipinski definition) is 2. The van der Waals surface area contributed by atoms with Gasteiger partial charge in [-0.05, 0) is 62.6 Å². The summed E-state index contributed by atoms with van der Waals surface area (Å²) in [5, 5.41) is 12.4. The fourth-order valence-corrected chi connectivity index (χ4v) is 4.73. The molecule has 3 rings (SSSR count). The maximum atomic E-state index is 12.9. The largest absolute Gasteiger partial charge is 0.573 e. The Balaban J connectivity index is 1.72. The van der Waals surface area contributed by atoms with Crippen LogP contribution in [0.25, 0.3) is 0 Å². The highest BCUT2D eigenvalue weighted by atomic mass is 19.4. The number of nitrogens with one attached hydrogen (secondary N) is 1. The van der Waals surface area contributed by atoms with E-state index in [4.69, 9.17) is 4.74 Å². The number of benzene rings is 1. The Bertz CT molecular complexity index is 718. The van der Waals surface area contributed by atoms with Gasteiger partial charge >= 0.3 is 12.5 Å². The minimum atomic E-state index is -4.80. The molecule has 32 heavy (non-hydrogen) atoms. The Morgan fingerprint density at radius 2 is 1.59 bits per heavy atom. The highest BCUT2D eigenvalue weighted by Crippen LogP contribution is 2.36. The van der Waals surface area contributed by atoms with Gasteiger partial charge in [0, 0.05) is 12.1 Å². The van der Waals surface area contributed by atoms with Crippen molar-refractivity contribution in [2.24, 2.45) is 0 Å². The predicted molar refractivity (Wildman–Crippen MR) is 105 cm³/mol. The number of halogens is 6. The molecule has 0 aliphatic heterocycles. The van der Waals surface area contributed by atoms with Gasteiger partial charge in [-0.15, -0.1) is 13.2 Å². The van der Waals surface area contributed by atoms with E-state index in [0.29, 0.717) is 24.8 Å². The summed E-state index contributed by atoms with van der Waals surface area (Å²) in [6, 6.07) is 5.34. The molecule has 3 atom stereocenters. The molecule has 2 aliphatic rings. The van der Waals surface area contributed by atoms with Gasteiger partial charge in [-0.3, -0.25) is 0 Å². The minimum absolute atomic E-state index is 0.116. The van der Waals surface area contributed by atoms with Gasteiger partial charge in [0.1, 0.15) is 5.75 Å². The van der Waals surface area contributed by atoms with Gasteiger partial charge in [0.15, 0.2) is 6.10 Å². The normalized spacial score (nSPS) is 26.3. The van der Waals surface area contributed by atoms with E-state index >= 15 is 0 Å². The van der Waals surface area contributed by atoms with Crippen molar-refractivity contribution in [1.29, 1.82) is 0 Å². The zero-order valence-electron chi connectivity index (χ0n) is 17.6. The summed E-state index contributed by atoms with van der Waals surface area (Å²) in [6.07, 6.45) is -4.95. The predicted octanol–water partition coefficient (Wildman–Crippen LogP) is 5.28. The quantitative estimate of drug-likeness (QED) is 0.509. The molecule has 2 saturated carbocycles. The van der Waals surface area contributed by atoms with Crippen molar-refractivity contribution in [1.82, 2.24) is 5.32 Å². The third kappa shape index (κ3) is 7.52. The van der Waals surface area contributed by atoms with E-state index in [1.54, 1.807) is 0 Å². The van der Waals surface area contributed by atoms with E-state index in [2.05, 4.69) is 10.1 Å². The van der Waals surface area contributed by atoms with Gasteiger partial charge in [-0.1, -0.05) is 25.0 Å². The molecule has 1 aromatic carbocycles. The Morgan fingerprint density at radius 3 is 2.19 bits per heavy atom. The van der Waals surface area contributed by atoms with Gasteiger partial charge in [-0.2, -0.15) is 13.2 Å². The van der Waals surface area contributed by atoms with Crippen LogP contribution >= 0.6 is 0 Å². The first kappa shape index (κ1) is 25.1. The monoisotopic (exact) mass is 469 g/mol. The van der Waals surface area contributed by atoms with E-state index in [1.807, 2.05) is 0 Å². The number of rotatable bonds is 8. The molecule has 2 aliphatic carbocycles. The lowest BCUT2D eigenvalue weighted by Crippen LogP contribution is -2.55. The number of aliphatic hydroxyl groups excluding tert-OH is 1. The van der Waals surface area contributed by atoms with E-state index in [1.165, 1.54) is 24.3 Å². The fraction of sp³-hybridized carbons (Fsp3) is 0.727. The number of β-amino-alcohol motifs (C(OH)–C–C–N with tert-alkyl or cyclic N) is 1. The molecule has 182 valence electrons. The standard InChI is InChI=1S/C22H29F6NO3/c23-21(24,25)19(30)14-29-20(11-3-6-18(13-20)31-16-4-1-2-5-16)12-15-7-9-17(10-8-15)32-22(26,27)28/h7-10,16,18-19,29-30H,1-6,11-14H2. The van der Waals surface area contributed by atoms with Gasteiger partial charge in [-0.25, -0.2) is 0 Å². The van der Waals surface area contributed by atoms with Crippen LogP contribution in [0, 0.1) is 0 Å². The second kappa shape index (κ2) is 10.2. The Morgan fingerprint density at radius 1 is 0.969 bits per heavy atom. The van der Waals surface area contributed by atoms with E-state index in [9.17, 15) is 31.4 Å². The van der Waals surface area contributed by atoms with E-state index in [0.717, 1.165) is 38.5 Å². The van der Waals surface area contributed by atoms with E-state index in [-0.39, 0.29) is 18.0 Å². The molecule has 2 fully saturated rings. The lowest BCUT2D eigenvalue weighted by atomic mass is 9.76. The summed E-state index contributed by atoms with van der Waals surface area (Å²) >= 11 is 0. The maximum absolute atomic E-state index is 12.9.